The van der Waals surface area contributed by atoms with Gasteiger partial charge in [-0.3, -0.25) is 9.59 Å². The van der Waals surface area contributed by atoms with Crippen molar-refractivity contribution < 1.29 is 29.0 Å². The summed E-state index contributed by atoms with van der Waals surface area (Å²) < 4.78 is 5.43. The van der Waals surface area contributed by atoms with Gasteiger partial charge in [-0.1, -0.05) is 78.9 Å². The van der Waals surface area contributed by atoms with Crippen LogP contribution in [0.5, 0.6) is 0 Å². The van der Waals surface area contributed by atoms with E-state index in [9.17, 15) is 24.3 Å². The van der Waals surface area contributed by atoms with Gasteiger partial charge in [0.15, 0.2) is 0 Å². The SMILES string of the molecule is O=C(N[C@H]1C/C=C\C[C@H]2CN(C(=O)OCc3ccccc3)C[C@@H](C(=O)O)N2C1=O)c1cccc2ccccc12. The Morgan fingerprint density at radius 2 is 1.62 bits per heavy atom. The van der Waals surface area contributed by atoms with Gasteiger partial charge in [0.25, 0.3) is 5.91 Å². The average molecular weight is 528 g/mol. The lowest BCUT2D eigenvalue weighted by atomic mass is 9.97. The smallest absolute Gasteiger partial charge is 0.410 e. The van der Waals surface area contributed by atoms with E-state index in [1.165, 1.54) is 9.80 Å². The molecule has 9 heteroatoms. The van der Waals surface area contributed by atoms with Gasteiger partial charge in [0.05, 0.1) is 12.6 Å². The number of hydrogen-bond donors (Lipinski definition) is 2. The third-order valence-electron chi connectivity index (χ3n) is 7.14. The van der Waals surface area contributed by atoms with Crippen LogP contribution in [-0.4, -0.2) is 70.0 Å². The van der Waals surface area contributed by atoms with Crippen molar-refractivity contribution in [3.63, 3.8) is 0 Å². The summed E-state index contributed by atoms with van der Waals surface area (Å²) in [5, 5.41) is 14.5. The lowest BCUT2D eigenvalue weighted by Gasteiger charge is -2.46. The Hall–Kier alpha value is -4.66. The third-order valence-corrected chi connectivity index (χ3v) is 7.14. The van der Waals surface area contributed by atoms with Crippen LogP contribution in [0.25, 0.3) is 10.8 Å². The van der Waals surface area contributed by atoms with Crippen LogP contribution in [0.15, 0.2) is 84.9 Å². The van der Waals surface area contributed by atoms with Gasteiger partial charge in [0.1, 0.15) is 18.7 Å². The number of fused-ring (bicyclic) bond motifs is 2. The van der Waals surface area contributed by atoms with E-state index in [4.69, 9.17) is 4.74 Å². The van der Waals surface area contributed by atoms with Gasteiger partial charge in [-0.2, -0.15) is 0 Å². The van der Waals surface area contributed by atoms with Crippen LogP contribution in [0, 0.1) is 0 Å². The van der Waals surface area contributed by atoms with Gasteiger partial charge >= 0.3 is 12.1 Å². The van der Waals surface area contributed by atoms with Crippen LogP contribution in [0.4, 0.5) is 4.79 Å². The first-order chi connectivity index (χ1) is 18.9. The highest BCUT2D eigenvalue weighted by atomic mass is 16.6. The molecule has 5 rings (SSSR count). The fraction of sp³-hybridized carbons (Fsp3) is 0.267. The fourth-order valence-corrected chi connectivity index (χ4v) is 5.19. The Balaban J connectivity index is 1.33. The quantitative estimate of drug-likeness (QED) is 0.490. The molecule has 200 valence electrons. The maximum absolute atomic E-state index is 13.7. The van der Waals surface area contributed by atoms with Crippen molar-refractivity contribution in [1.82, 2.24) is 15.1 Å². The molecule has 3 atom stereocenters. The van der Waals surface area contributed by atoms with Crippen molar-refractivity contribution >= 4 is 34.6 Å². The lowest BCUT2D eigenvalue weighted by Crippen LogP contribution is -2.66. The second kappa shape index (κ2) is 11.4. The molecule has 0 radical (unpaired) electrons. The summed E-state index contributed by atoms with van der Waals surface area (Å²) >= 11 is 0. The van der Waals surface area contributed by atoms with Crippen LogP contribution in [0.2, 0.25) is 0 Å². The molecule has 3 amide bonds. The summed E-state index contributed by atoms with van der Waals surface area (Å²) in [5.74, 6) is -2.12. The Morgan fingerprint density at radius 3 is 2.41 bits per heavy atom. The molecule has 2 aliphatic rings. The molecule has 2 heterocycles. The molecule has 1 saturated heterocycles. The van der Waals surface area contributed by atoms with Crippen LogP contribution < -0.4 is 5.32 Å². The van der Waals surface area contributed by atoms with Gasteiger partial charge in [0.2, 0.25) is 5.91 Å². The normalized spacial score (nSPS) is 21.8. The number of carboxylic acids is 1. The molecule has 2 aliphatic heterocycles. The van der Waals surface area contributed by atoms with E-state index in [-0.39, 0.29) is 26.1 Å². The van der Waals surface area contributed by atoms with E-state index in [0.29, 0.717) is 12.0 Å². The maximum atomic E-state index is 13.7. The molecule has 0 aromatic heterocycles. The minimum absolute atomic E-state index is 0.0589. The third kappa shape index (κ3) is 5.62. The highest BCUT2D eigenvalue weighted by molar-refractivity contribution is 6.08. The zero-order valence-electron chi connectivity index (χ0n) is 21.2. The van der Waals surface area contributed by atoms with E-state index in [0.717, 1.165) is 16.3 Å². The number of carbonyl (C=O) groups excluding carboxylic acids is 3. The first-order valence-corrected chi connectivity index (χ1v) is 12.9. The minimum atomic E-state index is -1.27. The molecule has 1 fully saturated rings. The summed E-state index contributed by atoms with van der Waals surface area (Å²) in [6.07, 6.45) is 3.64. The summed E-state index contributed by atoms with van der Waals surface area (Å²) in [6.45, 7) is -0.0280. The van der Waals surface area contributed by atoms with E-state index >= 15 is 0 Å². The number of piperazine rings is 1. The summed E-state index contributed by atoms with van der Waals surface area (Å²) in [6, 6.07) is 19.3. The highest BCUT2D eigenvalue weighted by Crippen LogP contribution is 2.25. The second-order valence-corrected chi connectivity index (χ2v) is 9.69. The van der Waals surface area contributed by atoms with Crippen molar-refractivity contribution in [1.29, 1.82) is 0 Å². The molecule has 3 aromatic rings. The first-order valence-electron chi connectivity index (χ1n) is 12.9. The van der Waals surface area contributed by atoms with Gasteiger partial charge < -0.3 is 25.0 Å². The predicted octanol–water partition coefficient (Wildman–Crippen LogP) is 3.59. The van der Waals surface area contributed by atoms with Crippen molar-refractivity contribution in [2.75, 3.05) is 13.1 Å². The number of rotatable bonds is 5. The Bertz CT molecular complexity index is 1420. The molecule has 0 aliphatic carbocycles. The number of amides is 3. The molecule has 0 spiro atoms. The number of nitrogens with one attached hydrogen (secondary N) is 1. The minimum Gasteiger partial charge on any atom is -0.480 e. The number of aliphatic carboxylic acids is 1. The Labute approximate surface area is 225 Å². The Morgan fingerprint density at radius 1 is 0.897 bits per heavy atom. The van der Waals surface area contributed by atoms with Crippen molar-refractivity contribution in [3.05, 3.63) is 96.1 Å². The largest absolute Gasteiger partial charge is 0.480 e. The van der Waals surface area contributed by atoms with E-state index < -0.39 is 42.0 Å². The molecule has 9 nitrogen and oxygen atoms in total. The van der Waals surface area contributed by atoms with Crippen LogP contribution in [0.3, 0.4) is 0 Å². The molecular weight excluding hydrogens is 498 g/mol. The van der Waals surface area contributed by atoms with Gasteiger partial charge in [-0.15, -0.1) is 0 Å². The van der Waals surface area contributed by atoms with Gasteiger partial charge in [0, 0.05) is 12.1 Å². The number of carboxylic acid groups (broad SMARTS) is 1. The van der Waals surface area contributed by atoms with Gasteiger partial charge in [-0.25, -0.2) is 9.59 Å². The molecular formula is C30H29N3O6. The molecule has 0 bridgehead atoms. The molecule has 0 saturated carbocycles. The first kappa shape index (κ1) is 26.0. The zero-order chi connectivity index (χ0) is 27.4. The predicted molar refractivity (Wildman–Crippen MR) is 144 cm³/mol. The van der Waals surface area contributed by atoms with Gasteiger partial charge in [-0.05, 0) is 35.2 Å². The average Bonchev–Trinajstić information content (AvgIpc) is 2.95. The van der Waals surface area contributed by atoms with Crippen LogP contribution >= 0.6 is 0 Å². The van der Waals surface area contributed by atoms with E-state index in [1.54, 1.807) is 12.1 Å². The van der Waals surface area contributed by atoms with Crippen molar-refractivity contribution in [2.45, 2.75) is 37.6 Å². The number of hydrogen-bond acceptors (Lipinski definition) is 5. The van der Waals surface area contributed by atoms with Crippen molar-refractivity contribution in [2.24, 2.45) is 0 Å². The molecule has 3 aromatic carbocycles. The summed E-state index contributed by atoms with van der Waals surface area (Å²) in [7, 11) is 0. The van der Waals surface area contributed by atoms with Crippen LogP contribution in [-0.2, 0) is 20.9 Å². The summed E-state index contributed by atoms with van der Waals surface area (Å²) in [5.41, 5.74) is 1.25. The number of nitrogens with zero attached hydrogens (tertiary/aromatic N) is 2. The second-order valence-electron chi connectivity index (χ2n) is 9.69. The maximum Gasteiger partial charge on any atom is 0.410 e. The lowest BCUT2D eigenvalue weighted by molar-refractivity contribution is -0.157. The summed E-state index contributed by atoms with van der Waals surface area (Å²) in [4.78, 5) is 54.9. The monoisotopic (exact) mass is 527 g/mol. The Kier molecular flexibility index (Phi) is 7.58. The number of carbonyl (C=O) groups is 4. The van der Waals surface area contributed by atoms with E-state index in [2.05, 4.69) is 5.32 Å². The topological polar surface area (TPSA) is 116 Å². The standard InChI is InChI=1S/C30H29N3O6/c34-27(24-15-8-12-21-11-4-6-14-23(21)24)31-25-16-7-5-13-22-17-32(18-26(29(36)37)33(22)28(25)35)30(38)39-19-20-9-2-1-3-10-20/h1-12,14-15,22,25-26H,13,16-19H2,(H,31,34)(H,36,37)/b7-5-/t22-,25-,26-/m0/s1. The molecule has 39 heavy (non-hydrogen) atoms. The number of ether oxygens (including phenoxy) is 1. The molecule has 0 unspecified atom stereocenters. The van der Waals surface area contributed by atoms with E-state index in [1.807, 2.05) is 72.8 Å². The highest BCUT2D eigenvalue weighted by Gasteiger charge is 2.45. The fourth-order valence-electron chi connectivity index (χ4n) is 5.19. The zero-order valence-corrected chi connectivity index (χ0v) is 21.2. The molecule has 2 N–H and O–H groups in total. The van der Waals surface area contributed by atoms with Crippen molar-refractivity contribution in [3.8, 4) is 0 Å². The number of benzene rings is 3. The van der Waals surface area contributed by atoms with Crippen LogP contribution in [0.1, 0.15) is 28.8 Å².